The Bertz CT molecular complexity index is 965. The van der Waals surface area contributed by atoms with E-state index in [-0.39, 0.29) is 19.4 Å². The van der Waals surface area contributed by atoms with Crippen LogP contribution in [0.5, 0.6) is 0 Å². The number of fused-ring (bicyclic) bond motifs is 3. The van der Waals surface area contributed by atoms with Gasteiger partial charge in [-0.15, -0.1) is 0 Å². The van der Waals surface area contributed by atoms with Gasteiger partial charge in [-0.05, 0) is 42.5 Å². The van der Waals surface area contributed by atoms with Gasteiger partial charge in [-0.1, -0.05) is 6.58 Å². The number of nitrogens with zero attached hydrogens (tertiary/aromatic N) is 2. The number of H-pyrrole nitrogens is 1. The first-order chi connectivity index (χ1) is 13.6. The largest absolute Gasteiger partial charge is 0.469 e. The van der Waals surface area contributed by atoms with Crippen LogP contribution in [0.4, 0.5) is 13.2 Å². The number of carbonyl (C=O) groups is 2. The van der Waals surface area contributed by atoms with Gasteiger partial charge in [-0.2, -0.15) is 18.3 Å². The minimum atomic E-state index is -4.56. The predicted molar refractivity (Wildman–Crippen MR) is 101 cm³/mol. The van der Waals surface area contributed by atoms with E-state index in [0.717, 1.165) is 21.6 Å². The molecule has 1 N–H and O–H groups in total. The molecule has 9 heteroatoms. The number of amides is 1. The molecule has 3 rings (SSSR count). The zero-order chi connectivity index (χ0) is 21.3. The second-order valence-corrected chi connectivity index (χ2v) is 7.33. The molecule has 0 spiro atoms. The zero-order valence-electron chi connectivity index (χ0n) is 16.2. The molecular weight excluding hydrogens is 387 g/mol. The van der Waals surface area contributed by atoms with Crippen LogP contribution in [0, 0.1) is 5.92 Å². The van der Waals surface area contributed by atoms with Crippen LogP contribution in [0.25, 0.3) is 16.5 Å². The van der Waals surface area contributed by atoms with Crippen LogP contribution in [-0.4, -0.2) is 46.8 Å². The Balaban J connectivity index is 2.10. The molecule has 0 unspecified atom stereocenters. The number of alkyl halides is 3. The molecule has 0 radical (unpaired) electrons. The quantitative estimate of drug-likeness (QED) is 0.783. The summed E-state index contributed by atoms with van der Waals surface area (Å²) in [7, 11) is 1.19. The van der Waals surface area contributed by atoms with Gasteiger partial charge in [0, 0.05) is 23.4 Å². The van der Waals surface area contributed by atoms with E-state index in [1.807, 2.05) is 13.0 Å². The van der Waals surface area contributed by atoms with Crippen LogP contribution in [0.2, 0.25) is 0 Å². The van der Waals surface area contributed by atoms with Crippen LogP contribution in [0.15, 0.2) is 18.8 Å². The fourth-order valence-electron chi connectivity index (χ4n) is 3.78. The topological polar surface area (TPSA) is 75.3 Å². The Kier molecular flexibility index (Phi) is 5.68. The lowest BCUT2D eigenvalue weighted by Gasteiger charge is -2.31. The fourth-order valence-corrected chi connectivity index (χ4v) is 3.78. The van der Waals surface area contributed by atoms with Gasteiger partial charge in [0.2, 0.25) is 5.91 Å². The van der Waals surface area contributed by atoms with Gasteiger partial charge < -0.3 is 9.64 Å². The minimum absolute atomic E-state index is 0.210. The van der Waals surface area contributed by atoms with Gasteiger partial charge in [0.1, 0.15) is 6.54 Å². The Morgan fingerprint density at radius 2 is 2.17 bits per heavy atom. The number of aromatic nitrogens is 2. The van der Waals surface area contributed by atoms with Crippen molar-refractivity contribution in [2.24, 2.45) is 5.92 Å². The van der Waals surface area contributed by atoms with Crippen molar-refractivity contribution in [3.63, 3.8) is 0 Å². The highest BCUT2D eigenvalue weighted by Gasteiger charge is 2.38. The van der Waals surface area contributed by atoms with Gasteiger partial charge in [0.25, 0.3) is 0 Å². The highest BCUT2D eigenvalue weighted by molar-refractivity contribution is 5.93. The van der Waals surface area contributed by atoms with E-state index in [1.165, 1.54) is 7.11 Å². The minimum Gasteiger partial charge on any atom is -0.469 e. The van der Waals surface area contributed by atoms with E-state index < -0.39 is 30.5 Å². The van der Waals surface area contributed by atoms with Crippen molar-refractivity contribution in [2.75, 3.05) is 13.7 Å². The van der Waals surface area contributed by atoms with Crippen molar-refractivity contribution < 1.29 is 27.5 Å². The van der Waals surface area contributed by atoms with E-state index in [2.05, 4.69) is 21.5 Å². The number of benzene rings is 1. The van der Waals surface area contributed by atoms with Crippen molar-refractivity contribution >= 4 is 28.4 Å². The summed E-state index contributed by atoms with van der Waals surface area (Å²) < 4.78 is 44.2. The predicted octanol–water partition coefficient (Wildman–Crippen LogP) is 3.61. The van der Waals surface area contributed by atoms with Crippen LogP contribution in [-0.2, 0) is 27.3 Å². The van der Waals surface area contributed by atoms with E-state index in [9.17, 15) is 22.8 Å². The number of hydrogen-bond donors (Lipinski definition) is 1. The standard InChI is InChI=1S/C20H22F3N3O3/c1-11(2)14-6-12-4-5-13(7-17(27)29-3)19(28)26(10-20(21,22)23)9-16(12)15-8-24-25-18(14)15/h6,8,13H,1,4-5,7,9-10H2,2-3H3,(H,24,25)/t13-/m0/s1. The van der Waals surface area contributed by atoms with Crippen molar-refractivity contribution in [2.45, 2.75) is 38.9 Å². The number of carbonyl (C=O) groups excluding carboxylic acids is 2. The van der Waals surface area contributed by atoms with Crippen LogP contribution < -0.4 is 0 Å². The van der Waals surface area contributed by atoms with Crippen molar-refractivity contribution in [3.05, 3.63) is 35.5 Å². The number of hydrogen-bond acceptors (Lipinski definition) is 4. The zero-order valence-corrected chi connectivity index (χ0v) is 16.2. The first-order valence-electron chi connectivity index (χ1n) is 9.16. The number of halogens is 3. The maximum atomic E-state index is 13.2. The number of nitrogens with one attached hydrogen (secondary N) is 1. The van der Waals surface area contributed by atoms with Gasteiger partial charge in [0.05, 0.1) is 25.2 Å². The molecule has 1 atom stereocenters. The number of methoxy groups -OCH3 is 1. The Labute approximate surface area is 165 Å². The van der Waals surface area contributed by atoms with E-state index >= 15 is 0 Å². The number of ether oxygens (including phenoxy) is 1. The van der Waals surface area contributed by atoms with E-state index in [1.54, 1.807) is 6.20 Å². The lowest BCUT2D eigenvalue weighted by Crippen LogP contribution is -2.43. The first kappa shape index (κ1) is 20.9. The summed E-state index contributed by atoms with van der Waals surface area (Å²) in [5, 5.41) is 7.59. The van der Waals surface area contributed by atoms with Gasteiger partial charge in [0.15, 0.2) is 0 Å². The molecule has 1 aliphatic heterocycles. The lowest BCUT2D eigenvalue weighted by molar-refractivity contribution is -0.166. The van der Waals surface area contributed by atoms with Crippen molar-refractivity contribution in [3.8, 4) is 0 Å². The molecule has 1 aromatic heterocycles. The highest BCUT2D eigenvalue weighted by atomic mass is 19.4. The maximum absolute atomic E-state index is 13.2. The molecule has 156 valence electrons. The third-order valence-electron chi connectivity index (χ3n) is 5.18. The third-order valence-corrected chi connectivity index (χ3v) is 5.18. The average molecular weight is 409 g/mol. The summed E-state index contributed by atoms with van der Waals surface area (Å²) in [6, 6.07) is 1.88. The normalized spacial score (nSPS) is 17.6. The van der Waals surface area contributed by atoms with Gasteiger partial charge in [-0.25, -0.2) is 0 Å². The van der Waals surface area contributed by atoms with Crippen molar-refractivity contribution in [1.29, 1.82) is 0 Å². The number of aryl methyl sites for hydroxylation is 1. The monoisotopic (exact) mass is 409 g/mol. The van der Waals surface area contributed by atoms with Crippen LogP contribution in [0.3, 0.4) is 0 Å². The number of allylic oxidation sites excluding steroid dienone is 1. The molecule has 0 fully saturated rings. The summed E-state index contributed by atoms with van der Waals surface area (Å²) in [5.74, 6) is -2.19. The molecule has 1 aromatic carbocycles. The summed E-state index contributed by atoms with van der Waals surface area (Å²) in [6.07, 6.45) is -2.55. The second-order valence-electron chi connectivity index (χ2n) is 7.33. The number of rotatable bonds is 4. The summed E-state index contributed by atoms with van der Waals surface area (Å²) in [4.78, 5) is 25.3. The highest BCUT2D eigenvalue weighted by Crippen LogP contribution is 2.34. The molecule has 1 amide bonds. The summed E-state index contributed by atoms with van der Waals surface area (Å²) >= 11 is 0. The van der Waals surface area contributed by atoms with Gasteiger partial charge >= 0.3 is 12.1 Å². The molecule has 0 bridgehead atoms. The number of aromatic amines is 1. The second kappa shape index (κ2) is 7.88. The molecular formula is C20H22F3N3O3. The molecule has 2 heterocycles. The Morgan fingerprint density at radius 1 is 1.45 bits per heavy atom. The fraction of sp³-hybridized carbons (Fsp3) is 0.450. The molecule has 1 aliphatic rings. The third kappa shape index (κ3) is 4.44. The van der Waals surface area contributed by atoms with Crippen molar-refractivity contribution in [1.82, 2.24) is 15.1 Å². The maximum Gasteiger partial charge on any atom is 0.406 e. The molecule has 0 saturated carbocycles. The number of esters is 1. The Morgan fingerprint density at radius 3 is 2.79 bits per heavy atom. The molecule has 0 aliphatic carbocycles. The van der Waals surface area contributed by atoms with E-state index in [4.69, 9.17) is 0 Å². The summed E-state index contributed by atoms with van der Waals surface area (Å²) in [6.45, 7) is 4.21. The molecule has 2 aromatic rings. The SMILES string of the molecule is C=C(C)c1cc2c(c3cn[nH]c13)CN(CC(F)(F)F)C(=O)[C@H](CC(=O)OC)CC2. The Hall–Kier alpha value is -2.84. The average Bonchev–Trinajstić information content (AvgIpc) is 3.11. The first-order valence-corrected chi connectivity index (χ1v) is 9.16. The lowest BCUT2D eigenvalue weighted by atomic mass is 9.87. The molecule has 0 saturated heterocycles. The smallest absolute Gasteiger partial charge is 0.406 e. The van der Waals surface area contributed by atoms with E-state index in [0.29, 0.717) is 22.9 Å². The molecule has 29 heavy (non-hydrogen) atoms. The molecule has 6 nitrogen and oxygen atoms in total. The summed E-state index contributed by atoms with van der Waals surface area (Å²) in [5.41, 5.74) is 3.76. The van der Waals surface area contributed by atoms with Gasteiger partial charge in [-0.3, -0.25) is 14.7 Å². The van der Waals surface area contributed by atoms with Crippen LogP contribution in [0.1, 0.15) is 36.5 Å². The van der Waals surface area contributed by atoms with Crippen LogP contribution >= 0.6 is 0 Å².